The van der Waals surface area contributed by atoms with E-state index in [2.05, 4.69) is 17.9 Å². The van der Waals surface area contributed by atoms with Crippen molar-refractivity contribution in [2.75, 3.05) is 32.1 Å². The molecule has 13 heavy (non-hydrogen) atoms. The molecule has 0 atom stereocenters. The van der Waals surface area contributed by atoms with Crippen LogP contribution in [0, 0.1) is 0 Å². The predicted molar refractivity (Wildman–Crippen MR) is 54.0 cm³/mol. The molecule has 0 aromatic carbocycles. The summed E-state index contributed by atoms with van der Waals surface area (Å²) in [6.07, 6.45) is 1.24. The van der Waals surface area contributed by atoms with Gasteiger partial charge in [-0.25, -0.2) is 0 Å². The lowest BCUT2D eigenvalue weighted by Crippen LogP contribution is -2.25. The summed E-state index contributed by atoms with van der Waals surface area (Å²) >= 11 is 3.94. The van der Waals surface area contributed by atoms with Gasteiger partial charge in [-0.15, -0.1) is 0 Å². The number of amides is 1. The molecule has 0 unspecified atom stereocenters. The molecule has 2 N–H and O–H groups in total. The lowest BCUT2D eigenvalue weighted by atomic mass is 10.4. The van der Waals surface area contributed by atoms with Crippen LogP contribution in [0.15, 0.2) is 0 Å². The first-order chi connectivity index (χ1) is 6.31. The van der Waals surface area contributed by atoms with Crippen molar-refractivity contribution < 1.29 is 14.6 Å². The third kappa shape index (κ3) is 9.66. The molecule has 0 saturated heterocycles. The van der Waals surface area contributed by atoms with Crippen molar-refractivity contribution in [2.45, 2.75) is 12.8 Å². The minimum Gasteiger partial charge on any atom is -0.394 e. The normalized spacial score (nSPS) is 10.0. The average Bonchev–Trinajstić information content (AvgIpc) is 2.11. The van der Waals surface area contributed by atoms with Crippen molar-refractivity contribution in [3.05, 3.63) is 0 Å². The van der Waals surface area contributed by atoms with Gasteiger partial charge in [0.1, 0.15) is 0 Å². The fourth-order valence-corrected chi connectivity index (χ4v) is 0.962. The van der Waals surface area contributed by atoms with Gasteiger partial charge in [0, 0.05) is 19.6 Å². The van der Waals surface area contributed by atoms with Crippen LogP contribution in [0.25, 0.3) is 0 Å². The molecule has 5 heteroatoms. The van der Waals surface area contributed by atoms with E-state index in [1.54, 1.807) is 0 Å². The molecule has 0 aliphatic heterocycles. The number of hydrogen-bond donors (Lipinski definition) is 3. The molecule has 0 aliphatic rings. The number of thiol groups is 1. The Morgan fingerprint density at radius 3 is 2.85 bits per heavy atom. The van der Waals surface area contributed by atoms with Crippen LogP contribution in [0.4, 0.5) is 0 Å². The van der Waals surface area contributed by atoms with Gasteiger partial charge < -0.3 is 15.2 Å². The molecule has 0 aromatic heterocycles. The van der Waals surface area contributed by atoms with Crippen LogP contribution in [-0.4, -0.2) is 43.1 Å². The third-order valence-corrected chi connectivity index (χ3v) is 1.59. The fourth-order valence-electron chi connectivity index (χ4n) is 0.759. The number of hydrogen-bond acceptors (Lipinski definition) is 4. The predicted octanol–water partition coefficient (Wildman–Crippen LogP) is -0.179. The van der Waals surface area contributed by atoms with Crippen LogP contribution in [0.2, 0.25) is 0 Å². The average molecular weight is 207 g/mol. The smallest absolute Gasteiger partial charge is 0.220 e. The van der Waals surface area contributed by atoms with Gasteiger partial charge in [0.2, 0.25) is 5.91 Å². The second-order valence-electron chi connectivity index (χ2n) is 2.51. The summed E-state index contributed by atoms with van der Waals surface area (Å²) in [4.78, 5) is 10.9. The standard InChI is InChI=1S/C8H17NO3S/c10-4-6-12-5-1-3-9-8(11)2-7-13/h10,13H,1-7H2,(H,9,11). The van der Waals surface area contributed by atoms with E-state index in [0.29, 0.717) is 31.9 Å². The molecule has 0 aromatic rings. The Labute approximate surface area is 84.1 Å². The minimum atomic E-state index is 0.0251. The Balaban J connectivity index is 3.02. The van der Waals surface area contributed by atoms with E-state index in [9.17, 15) is 4.79 Å². The van der Waals surface area contributed by atoms with Gasteiger partial charge in [-0.3, -0.25) is 4.79 Å². The van der Waals surface area contributed by atoms with Gasteiger partial charge >= 0.3 is 0 Å². The van der Waals surface area contributed by atoms with Crippen LogP contribution in [0.3, 0.4) is 0 Å². The second kappa shape index (κ2) is 9.83. The van der Waals surface area contributed by atoms with Gasteiger partial charge in [-0.1, -0.05) is 0 Å². The van der Waals surface area contributed by atoms with Gasteiger partial charge in [0.15, 0.2) is 0 Å². The zero-order valence-electron chi connectivity index (χ0n) is 7.66. The van der Waals surface area contributed by atoms with Crippen molar-refractivity contribution >= 4 is 18.5 Å². The monoisotopic (exact) mass is 207 g/mol. The SMILES string of the molecule is O=C(CCS)NCCCOCCO. The van der Waals surface area contributed by atoms with Gasteiger partial charge in [-0.2, -0.15) is 12.6 Å². The Morgan fingerprint density at radius 1 is 1.46 bits per heavy atom. The molecule has 0 fully saturated rings. The third-order valence-electron chi connectivity index (χ3n) is 1.36. The highest BCUT2D eigenvalue weighted by molar-refractivity contribution is 7.80. The molecule has 0 bridgehead atoms. The topological polar surface area (TPSA) is 58.6 Å². The molecule has 0 rings (SSSR count). The first-order valence-corrected chi connectivity index (χ1v) is 5.00. The van der Waals surface area contributed by atoms with E-state index < -0.39 is 0 Å². The molecule has 0 aliphatic carbocycles. The van der Waals surface area contributed by atoms with Crippen LogP contribution >= 0.6 is 12.6 Å². The van der Waals surface area contributed by atoms with Crippen molar-refractivity contribution in [1.82, 2.24) is 5.32 Å². The number of rotatable bonds is 8. The first-order valence-electron chi connectivity index (χ1n) is 4.37. The summed E-state index contributed by atoms with van der Waals surface area (Å²) in [5.74, 6) is 0.601. The number of ether oxygens (including phenoxy) is 1. The second-order valence-corrected chi connectivity index (χ2v) is 2.96. The summed E-state index contributed by atoms with van der Waals surface area (Å²) in [6.45, 7) is 1.61. The van der Waals surface area contributed by atoms with E-state index in [-0.39, 0.29) is 12.5 Å². The van der Waals surface area contributed by atoms with Crippen LogP contribution in [-0.2, 0) is 9.53 Å². The Bertz CT molecular complexity index is 133. The maximum absolute atomic E-state index is 10.9. The van der Waals surface area contributed by atoms with Crippen molar-refractivity contribution in [3.8, 4) is 0 Å². The molecule has 0 saturated carbocycles. The largest absolute Gasteiger partial charge is 0.394 e. The van der Waals surface area contributed by atoms with Gasteiger partial charge in [0.05, 0.1) is 13.2 Å². The summed E-state index contributed by atoms with van der Waals surface area (Å²) in [5, 5.41) is 11.1. The summed E-state index contributed by atoms with van der Waals surface area (Å²) in [6, 6.07) is 0. The molecule has 78 valence electrons. The van der Waals surface area contributed by atoms with Crippen LogP contribution < -0.4 is 5.32 Å². The Hall–Kier alpha value is -0.260. The van der Waals surface area contributed by atoms with E-state index >= 15 is 0 Å². The summed E-state index contributed by atoms with van der Waals surface area (Å²) < 4.78 is 5.01. The van der Waals surface area contributed by atoms with E-state index in [4.69, 9.17) is 9.84 Å². The van der Waals surface area contributed by atoms with Gasteiger partial charge in [0.25, 0.3) is 0 Å². The molecular formula is C8H17NO3S. The lowest BCUT2D eigenvalue weighted by molar-refractivity contribution is -0.120. The number of aliphatic hydroxyl groups is 1. The maximum atomic E-state index is 10.9. The van der Waals surface area contributed by atoms with E-state index in [1.807, 2.05) is 0 Å². The summed E-state index contributed by atoms with van der Waals surface area (Å²) in [7, 11) is 0. The zero-order chi connectivity index (χ0) is 9.94. The number of carbonyl (C=O) groups is 1. The Kier molecular flexibility index (Phi) is 9.63. The highest BCUT2D eigenvalue weighted by atomic mass is 32.1. The van der Waals surface area contributed by atoms with E-state index in [0.717, 1.165) is 6.42 Å². The molecule has 4 nitrogen and oxygen atoms in total. The van der Waals surface area contributed by atoms with Crippen LogP contribution in [0.1, 0.15) is 12.8 Å². The van der Waals surface area contributed by atoms with Crippen LogP contribution in [0.5, 0.6) is 0 Å². The highest BCUT2D eigenvalue weighted by Crippen LogP contribution is 1.85. The van der Waals surface area contributed by atoms with Crippen molar-refractivity contribution in [1.29, 1.82) is 0 Å². The highest BCUT2D eigenvalue weighted by Gasteiger charge is 1.97. The van der Waals surface area contributed by atoms with Crippen molar-refractivity contribution in [2.24, 2.45) is 0 Å². The molecule has 0 radical (unpaired) electrons. The molecule has 0 heterocycles. The lowest BCUT2D eigenvalue weighted by Gasteiger charge is -2.04. The van der Waals surface area contributed by atoms with Gasteiger partial charge in [-0.05, 0) is 12.2 Å². The molecule has 0 spiro atoms. The number of carbonyl (C=O) groups excluding carboxylic acids is 1. The number of aliphatic hydroxyl groups excluding tert-OH is 1. The Morgan fingerprint density at radius 2 is 2.23 bits per heavy atom. The number of nitrogens with one attached hydrogen (secondary N) is 1. The molecule has 1 amide bonds. The quantitative estimate of drug-likeness (QED) is 0.382. The zero-order valence-corrected chi connectivity index (χ0v) is 8.56. The first kappa shape index (κ1) is 12.7. The molecular weight excluding hydrogens is 190 g/mol. The fraction of sp³-hybridized carbons (Fsp3) is 0.875. The van der Waals surface area contributed by atoms with Crippen molar-refractivity contribution in [3.63, 3.8) is 0 Å². The van der Waals surface area contributed by atoms with E-state index in [1.165, 1.54) is 0 Å². The minimum absolute atomic E-state index is 0.0251. The summed E-state index contributed by atoms with van der Waals surface area (Å²) in [5.41, 5.74) is 0. The maximum Gasteiger partial charge on any atom is 0.220 e.